The Balaban J connectivity index is 1.76. The van der Waals surface area contributed by atoms with Crippen molar-refractivity contribution in [2.75, 3.05) is 0 Å². The maximum absolute atomic E-state index is 12.6. The van der Waals surface area contributed by atoms with Crippen molar-refractivity contribution in [3.05, 3.63) is 72.0 Å². The van der Waals surface area contributed by atoms with Crippen molar-refractivity contribution in [3.8, 4) is 28.7 Å². The lowest BCUT2D eigenvalue weighted by atomic mass is 9.66. The Morgan fingerprint density at radius 1 is 1.00 bits per heavy atom. The molecule has 146 valence electrons. The maximum Gasteiger partial charge on any atom is 0.176 e. The molecule has 0 saturated heterocycles. The summed E-state index contributed by atoms with van der Waals surface area (Å²) in [7, 11) is 0. The van der Waals surface area contributed by atoms with Gasteiger partial charge in [-0.2, -0.15) is 5.26 Å². The topological polar surface area (TPSA) is 92.4 Å². The molecule has 0 amide bonds. The van der Waals surface area contributed by atoms with Crippen LogP contribution in [-0.2, 0) is 11.2 Å². The van der Waals surface area contributed by atoms with Crippen LogP contribution in [0.1, 0.15) is 30.5 Å². The normalized spacial score (nSPS) is 22.5. The Hall–Kier alpha value is -3.72. The fraction of sp³-hybridized carbons (Fsp3) is 0.250. The zero-order valence-electron chi connectivity index (χ0n) is 16.5. The van der Waals surface area contributed by atoms with Gasteiger partial charge < -0.3 is 0 Å². The maximum atomic E-state index is 12.6. The molecule has 3 atom stereocenters. The first-order chi connectivity index (χ1) is 14.7. The summed E-state index contributed by atoms with van der Waals surface area (Å²) >= 11 is 0. The van der Waals surface area contributed by atoms with Gasteiger partial charge >= 0.3 is 0 Å². The minimum atomic E-state index is -0.188. The second-order valence-corrected chi connectivity index (χ2v) is 7.80. The van der Waals surface area contributed by atoms with Crippen LogP contribution in [0, 0.1) is 23.2 Å². The van der Waals surface area contributed by atoms with E-state index in [0.717, 1.165) is 40.9 Å². The van der Waals surface area contributed by atoms with Gasteiger partial charge in [-0.1, -0.05) is 13.0 Å². The van der Waals surface area contributed by atoms with Crippen molar-refractivity contribution in [3.63, 3.8) is 0 Å². The van der Waals surface area contributed by atoms with Crippen LogP contribution in [0.3, 0.4) is 0 Å². The van der Waals surface area contributed by atoms with Crippen LogP contribution >= 0.6 is 0 Å². The van der Waals surface area contributed by atoms with E-state index in [-0.39, 0.29) is 29.1 Å². The van der Waals surface area contributed by atoms with E-state index in [9.17, 15) is 10.1 Å². The van der Waals surface area contributed by atoms with E-state index in [1.165, 1.54) is 0 Å². The molecule has 0 N–H and O–H groups in total. The molecule has 2 aliphatic rings. The van der Waals surface area contributed by atoms with Crippen LogP contribution in [0.4, 0.5) is 0 Å². The minimum Gasteiger partial charge on any atom is -0.293 e. The van der Waals surface area contributed by atoms with Gasteiger partial charge in [0.2, 0.25) is 0 Å². The summed E-state index contributed by atoms with van der Waals surface area (Å²) in [5.74, 6) is 0.458. The SMILES string of the molecule is CC1C(=O)C(C#N)=CC2c3nc(-c4ccncc4)nc(-c4ccncc4)c3CCC12. The van der Waals surface area contributed by atoms with Gasteiger partial charge in [-0.05, 0) is 43.0 Å². The van der Waals surface area contributed by atoms with Gasteiger partial charge in [0.1, 0.15) is 6.07 Å². The van der Waals surface area contributed by atoms with Gasteiger partial charge in [-0.15, -0.1) is 0 Å². The van der Waals surface area contributed by atoms with Crippen molar-refractivity contribution in [1.29, 1.82) is 5.26 Å². The number of hydrogen-bond acceptors (Lipinski definition) is 6. The molecule has 3 aromatic heterocycles. The lowest BCUT2D eigenvalue weighted by Crippen LogP contribution is -2.35. The molecule has 2 aliphatic carbocycles. The number of fused-ring (bicyclic) bond motifs is 3. The summed E-state index contributed by atoms with van der Waals surface area (Å²) in [6.45, 7) is 1.93. The number of Topliss-reactive ketones (excluding diaryl/α,β-unsaturated/α-hetero) is 1. The van der Waals surface area contributed by atoms with E-state index in [2.05, 4.69) is 16.0 Å². The Morgan fingerprint density at radius 3 is 2.33 bits per heavy atom. The standard InChI is InChI=1S/C24H19N5O/c1-14-18-2-3-19-21(15-4-8-26-9-5-15)28-24(16-6-10-27-11-7-16)29-22(19)20(18)12-17(13-25)23(14)30/h4-12,14,18,20H,2-3H2,1H3. The highest BCUT2D eigenvalue weighted by Crippen LogP contribution is 2.46. The molecule has 30 heavy (non-hydrogen) atoms. The molecular weight excluding hydrogens is 374 g/mol. The van der Waals surface area contributed by atoms with Gasteiger partial charge in [0.15, 0.2) is 11.6 Å². The lowest BCUT2D eigenvalue weighted by molar-refractivity contribution is -0.120. The summed E-state index contributed by atoms with van der Waals surface area (Å²) < 4.78 is 0. The monoisotopic (exact) mass is 393 g/mol. The van der Waals surface area contributed by atoms with Gasteiger partial charge in [0.05, 0.1) is 17.0 Å². The zero-order valence-corrected chi connectivity index (χ0v) is 16.5. The predicted molar refractivity (Wildman–Crippen MR) is 111 cm³/mol. The number of pyridine rings is 2. The molecule has 6 nitrogen and oxygen atoms in total. The van der Waals surface area contributed by atoms with Crippen molar-refractivity contribution < 1.29 is 4.79 Å². The predicted octanol–water partition coefficient (Wildman–Crippen LogP) is 3.92. The second kappa shape index (κ2) is 7.27. The average molecular weight is 393 g/mol. The van der Waals surface area contributed by atoms with E-state index in [4.69, 9.17) is 9.97 Å². The van der Waals surface area contributed by atoms with Crippen LogP contribution in [0.2, 0.25) is 0 Å². The number of aromatic nitrogens is 4. The summed E-state index contributed by atoms with van der Waals surface area (Å²) in [6.07, 6.45) is 10.5. The zero-order chi connectivity index (χ0) is 20.7. The minimum absolute atomic E-state index is 0.0556. The quantitative estimate of drug-likeness (QED) is 0.655. The van der Waals surface area contributed by atoms with Crippen LogP contribution in [0.15, 0.2) is 60.7 Å². The van der Waals surface area contributed by atoms with Crippen LogP contribution in [-0.4, -0.2) is 25.7 Å². The fourth-order valence-electron chi connectivity index (χ4n) is 4.65. The van der Waals surface area contributed by atoms with E-state index < -0.39 is 0 Å². The highest BCUT2D eigenvalue weighted by molar-refractivity contribution is 6.01. The first-order valence-corrected chi connectivity index (χ1v) is 10.0. The Labute approximate surface area is 174 Å². The van der Waals surface area contributed by atoms with E-state index in [0.29, 0.717) is 5.82 Å². The summed E-state index contributed by atoms with van der Waals surface area (Å²) in [4.78, 5) is 30.7. The second-order valence-electron chi connectivity index (χ2n) is 7.80. The molecule has 3 heterocycles. The van der Waals surface area contributed by atoms with Crippen molar-refractivity contribution >= 4 is 5.78 Å². The first-order valence-electron chi connectivity index (χ1n) is 10.0. The molecule has 3 unspecified atom stereocenters. The van der Waals surface area contributed by atoms with E-state index in [1.54, 1.807) is 24.8 Å². The smallest absolute Gasteiger partial charge is 0.176 e. The van der Waals surface area contributed by atoms with Gasteiger partial charge in [-0.3, -0.25) is 14.8 Å². The molecule has 0 spiro atoms. The molecule has 0 radical (unpaired) electrons. The molecule has 0 aromatic carbocycles. The molecule has 5 rings (SSSR count). The largest absolute Gasteiger partial charge is 0.293 e. The Bertz CT molecular complexity index is 1200. The molecule has 0 saturated carbocycles. The number of nitrogens with zero attached hydrogens (tertiary/aromatic N) is 5. The van der Waals surface area contributed by atoms with Crippen molar-refractivity contribution in [2.45, 2.75) is 25.7 Å². The highest BCUT2D eigenvalue weighted by Gasteiger charge is 2.42. The molecule has 0 aliphatic heterocycles. The molecule has 0 bridgehead atoms. The summed E-state index contributed by atoms with van der Waals surface area (Å²) in [5.41, 5.74) is 5.02. The lowest BCUT2D eigenvalue weighted by Gasteiger charge is -2.38. The van der Waals surface area contributed by atoms with Crippen molar-refractivity contribution in [1.82, 2.24) is 19.9 Å². The summed E-state index contributed by atoms with van der Waals surface area (Å²) in [6, 6.07) is 9.78. The number of nitriles is 1. The molecule has 3 aromatic rings. The number of rotatable bonds is 2. The number of carbonyl (C=O) groups is 1. The third-order valence-electron chi connectivity index (χ3n) is 6.22. The van der Waals surface area contributed by atoms with Gasteiger partial charge in [-0.25, -0.2) is 9.97 Å². The van der Waals surface area contributed by atoms with Crippen LogP contribution in [0.5, 0.6) is 0 Å². The van der Waals surface area contributed by atoms with Gasteiger partial charge in [0, 0.05) is 53.3 Å². The third kappa shape index (κ3) is 2.91. The molecule has 6 heteroatoms. The Kier molecular flexibility index (Phi) is 4.44. The van der Waals surface area contributed by atoms with Crippen LogP contribution in [0.25, 0.3) is 22.6 Å². The molecule has 0 fully saturated rings. The summed E-state index contributed by atoms with van der Waals surface area (Å²) in [5, 5.41) is 9.50. The van der Waals surface area contributed by atoms with Crippen LogP contribution < -0.4 is 0 Å². The van der Waals surface area contributed by atoms with E-state index >= 15 is 0 Å². The average Bonchev–Trinajstić information content (AvgIpc) is 2.81. The Morgan fingerprint density at radius 2 is 1.67 bits per heavy atom. The number of allylic oxidation sites excluding steroid dienone is 2. The van der Waals surface area contributed by atoms with E-state index in [1.807, 2.05) is 37.3 Å². The number of ketones is 1. The van der Waals surface area contributed by atoms with Crippen molar-refractivity contribution in [2.24, 2.45) is 11.8 Å². The highest BCUT2D eigenvalue weighted by atomic mass is 16.1. The molecular formula is C24H19N5O. The first kappa shape index (κ1) is 18.3. The van der Waals surface area contributed by atoms with Gasteiger partial charge in [0.25, 0.3) is 0 Å². The third-order valence-corrected chi connectivity index (χ3v) is 6.22. The fourth-order valence-corrected chi connectivity index (χ4v) is 4.65. The number of carbonyl (C=O) groups excluding carboxylic acids is 1. The number of hydrogen-bond donors (Lipinski definition) is 0.